The van der Waals surface area contributed by atoms with Gasteiger partial charge in [0.15, 0.2) is 0 Å². The third-order valence-corrected chi connectivity index (χ3v) is 2.63. The summed E-state index contributed by atoms with van der Waals surface area (Å²) in [5.41, 5.74) is 1.84. The molecule has 0 saturated carbocycles. The monoisotopic (exact) mass is 164 g/mol. The van der Waals surface area contributed by atoms with Crippen LogP contribution in [0.25, 0.3) is 0 Å². The summed E-state index contributed by atoms with van der Waals surface area (Å²) >= 11 is 0. The highest BCUT2D eigenvalue weighted by Crippen LogP contribution is 2.38. The van der Waals surface area contributed by atoms with Crippen molar-refractivity contribution in [3.8, 4) is 0 Å². The Labute approximate surface area is 74.3 Å². The zero-order valence-corrected chi connectivity index (χ0v) is 8.31. The van der Waals surface area contributed by atoms with Gasteiger partial charge in [-0.3, -0.25) is 0 Å². The van der Waals surface area contributed by atoms with Gasteiger partial charge in [0.1, 0.15) is 5.84 Å². The first-order valence-electron chi connectivity index (χ1n) is 4.05. The van der Waals surface area contributed by atoms with Crippen molar-refractivity contribution in [1.29, 1.82) is 0 Å². The molecule has 0 aromatic heterocycles. The Hall–Kier alpha value is -1.05. The van der Waals surface area contributed by atoms with Crippen molar-refractivity contribution >= 4 is 5.84 Å². The molecule has 0 N–H and O–H groups in total. The van der Waals surface area contributed by atoms with Crippen LogP contribution in [0.15, 0.2) is 29.5 Å². The lowest BCUT2D eigenvalue weighted by Crippen LogP contribution is -2.36. The van der Waals surface area contributed by atoms with E-state index in [0.29, 0.717) is 0 Å². The van der Waals surface area contributed by atoms with Gasteiger partial charge >= 0.3 is 0 Å². The molecule has 1 aliphatic rings. The van der Waals surface area contributed by atoms with Gasteiger partial charge in [0.25, 0.3) is 0 Å². The second-order valence-electron chi connectivity index (χ2n) is 3.74. The molecule has 66 valence electrons. The average Bonchev–Trinajstić information content (AvgIpc) is 1.99. The molecule has 0 amide bonds. The highest BCUT2D eigenvalue weighted by molar-refractivity contribution is 5.84. The molecule has 0 unspecified atom stereocenters. The van der Waals surface area contributed by atoms with Gasteiger partial charge in [-0.15, -0.1) is 0 Å². The van der Waals surface area contributed by atoms with E-state index in [0.717, 1.165) is 17.2 Å². The van der Waals surface area contributed by atoms with Crippen molar-refractivity contribution in [3.63, 3.8) is 0 Å². The standard InChI is InChI=1S/C10H16N2/c1-7-10(4,5)8(2)12(6)9(3)11-7/h1-2H2,3-6H3. The number of hydrogen-bond acceptors (Lipinski definition) is 2. The van der Waals surface area contributed by atoms with Crippen LogP contribution in [0, 0.1) is 5.41 Å². The fraction of sp³-hybridized carbons (Fsp3) is 0.500. The van der Waals surface area contributed by atoms with E-state index < -0.39 is 0 Å². The minimum Gasteiger partial charge on any atom is -0.337 e. The van der Waals surface area contributed by atoms with Crippen LogP contribution in [0.5, 0.6) is 0 Å². The Bertz CT molecular complexity index is 272. The minimum atomic E-state index is -0.103. The van der Waals surface area contributed by atoms with Crippen LogP contribution in [-0.2, 0) is 0 Å². The van der Waals surface area contributed by atoms with Crippen LogP contribution >= 0.6 is 0 Å². The Morgan fingerprint density at radius 2 is 1.83 bits per heavy atom. The maximum atomic E-state index is 4.35. The molecule has 0 bridgehead atoms. The second kappa shape index (κ2) is 2.47. The Kier molecular flexibility index (Phi) is 1.86. The van der Waals surface area contributed by atoms with Crippen molar-refractivity contribution < 1.29 is 0 Å². The summed E-state index contributed by atoms with van der Waals surface area (Å²) in [6, 6.07) is 0. The maximum absolute atomic E-state index is 4.35. The van der Waals surface area contributed by atoms with Gasteiger partial charge in [-0.2, -0.15) is 0 Å². The maximum Gasteiger partial charge on any atom is 0.105 e. The van der Waals surface area contributed by atoms with Crippen LogP contribution in [0.2, 0.25) is 0 Å². The lowest BCUT2D eigenvalue weighted by molar-refractivity contribution is 0.398. The average molecular weight is 164 g/mol. The van der Waals surface area contributed by atoms with Gasteiger partial charge in [-0.25, -0.2) is 4.99 Å². The molecule has 0 aliphatic carbocycles. The van der Waals surface area contributed by atoms with E-state index in [1.54, 1.807) is 0 Å². The fourth-order valence-electron chi connectivity index (χ4n) is 1.19. The second-order valence-corrected chi connectivity index (χ2v) is 3.74. The predicted octanol–water partition coefficient (Wildman–Crippen LogP) is 2.40. The molecule has 2 heteroatoms. The van der Waals surface area contributed by atoms with Gasteiger partial charge in [0.2, 0.25) is 0 Å². The molecule has 0 aromatic carbocycles. The van der Waals surface area contributed by atoms with Crippen LogP contribution in [0.1, 0.15) is 20.8 Å². The quantitative estimate of drug-likeness (QED) is 0.537. The van der Waals surface area contributed by atoms with E-state index in [4.69, 9.17) is 0 Å². The van der Waals surface area contributed by atoms with E-state index in [1.807, 2.05) is 18.9 Å². The van der Waals surface area contributed by atoms with Gasteiger partial charge in [0.05, 0.1) is 0 Å². The van der Waals surface area contributed by atoms with E-state index in [9.17, 15) is 0 Å². The van der Waals surface area contributed by atoms with Gasteiger partial charge in [-0.1, -0.05) is 13.2 Å². The van der Waals surface area contributed by atoms with E-state index in [1.165, 1.54) is 0 Å². The molecule has 1 rings (SSSR count). The highest BCUT2D eigenvalue weighted by Gasteiger charge is 2.32. The topological polar surface area (TPSA) is 15.6 Å². The van der Waals surface area contributed by atoms with E-state index in [2.05, 4.69) is 32.0 Å². The largest absolute Gasteiger partial charge is 0.337 e. The summed E-state index contributed by atoms with van der Waals surface area (Å²) in [6.45, 7) is 14.1. The highest BCUT2D eigenvalue weighted by atomic mass is 15.2. The molecule has 0 saturated heterocycles. The molecule has 0 fully saturated rings. The zero-order chi connectivity index (χ0) is 9.52. The summed E-state index contributed by atoms with van der Waals surface area (Å²) < 4.78 is 0. The number of rotatable bonds is 0. The molecule has 0 spiro atoms. The Balaban J connectivity index is 3.17. The molecule has 12 heavy (non-hydrogen) atoms. The normalized spacial score (nSPS) is 22.7. The van der Waals surface area contributed by atoms with Gasteiger partial charge in [0, 0.05) is 23.9 Å². The van der Waals surface area contributed by atoms with Crippen LogP contribution in [0.4, 0.5) is 0 Å². The number of hydrogen-bond donors (Lipinski definition) is 0. The van der Waals surface area contributed by atoms with Crippen molar-refractivity contribution in [1.82, 2.24) is 4.90 Å². The summed E-state index contributed by atoms with van der Waals surface area (Å²) in [7, 11) is 1.98. The molecular weight excluding hydrogens is 148 g/mol. The Morgan fingerprint density at radius 1 is 1.33 bits per heavy atom. The van der Waals surface area contributed by atoms with Crippen LogP contribution in [0.3, 0.4) is 0 Å². The predicted molar refractivity (Wildman–Crippen MR) is 52.9 cm³/mol. The number of amidine groups is 1. The first kappa shape index (κ1) is 9.04. The molecule has 1 aliphatic heterocycles. The molecule has 0 radical (unpaired) electrons. The SMILES string of the molecule is C=C1N=C(C)N(C)C(=C)C1(C)C. The van der Waals surface area contributed by atoms with E-state index in [-0.39, 0.29) is 5.41 Å². The van der Waals surface area contributed by atoms with Gasteiger partial charge < -0.3 is 4.90 Å². The summed E-state index contributed by atoms with van der Waals surface area (Å²) in [4.78, 5) is 6.36. The lowest BCUT2D eigenvalue weighted by atomic mass is 9.85. The lowest BCUT2D eigenvalue weighted by Gasteiger charge is -2.38. The molecule has 0 atom stereocenters. The van der Waals surface area contributed by atoms with E-state index >= 15 is 0 Å². The summed E-state index contributed by atoms with van der Waals surface area (Å²) in [6.07, 6.45) is 0. The van der Waals surface area contributed by atoms with Crippen molar-refractivity contribution in [2.24, 2.45) is 10.4 Å². The minimum absolute atomic E-state index is 0.103. The Morgan fingerprint density at radius 3 is 2.33 bits per heavy atom. The third kappa shape index (κ3) is 1.07. The number of nitrogens with zero attached hydrogens (tertiary/aromatic N) is 2. The molecule has 2 nitrogen and oxygen atoms in total. The summed E-state index contributed by atoms with van der Waals surface area (Å²) in [5, 5.41) is 0. The van der Waals surface area contributed by atoms with Gasteiger partial charge in [-0.05, 0) is 20.8 Å². The third-order valence-electron chi connectivity index (χ3n) is 2.63. The molecule has 1 heterocycles. The van der Waals surface area contributed by atoms with Crippen LogP contribution < -0.4 is 0 Å². The van der Waals surface area contributed by atoms with Crippen molar-refractivity contribution in [2.45, 2.75) is 20.8 Å². The molecule has 0 aromatic rings. The summed E-state index contributed by atoms with van der Waals surface area (Å²) in [5.74, 6) is 0.962. The zero-order valence-electron chi connectivity index (χ0n) is 8.31. The molecular formula is C10H16N2. The first-order chi connectivity index (χ1) is 5.37. The van der Waals surface area contributed by atoms with Crippen molar-refractivity contribution in [2.75, 3.05) is 7.05 Å². The number of aliphatic imine (C=N–C) groups is 1. The van der Waals surface area contributed by atoms with Crippen LogP contribution in [-0.4, -0.2) is 17.8 Å². The smallest absolute Gasteiger partial charge is 0.105 e. The van der Waals surface area contributed by atoms with Crippen molar-refractivity contribution in [3.05, 3.63) is 24.6 Å². The fourth-order valence-corrected chi connectivity index (χ4v) is 1.19. The first-order valence-corrected chi connectivity index (χ1v) is 4.05.